The fraction of sp³-hybridized carbons (Fsp3) is 1.00. The summed E-state index contributed by atoms with van der Waals surface area (Å²) in [6, 6.07) is 0. The molecular formula is C15H31NO. The second-order valence-corrected chi connectivity index (χ2v) is 5.75. The van der Waals surface area contributed by atoms with E-state index >= 15 is 0 Å². The lowest BCUT2D eigenvalue weighted by Gasteiger charge is -2.29. The number of nitrogens with one attached hydrogen (secondary N) is 1. The number of unbranched alkanes of at least 4 members (excludes halogenated alkanes) is 2. The van der Waals surface area contributed by atoms with Gasteiger partial charge in [-0.15, -0.1) is 0 Å². The van der Waals surface area contributed by atoms with E-state index in [1.807, 2.05) is 0 Å². The number of ether oxygens (including phenoxy) is 1. The van der Waals surface area contributed by atoms with Crippen molar-refractivity contribution in [2.24, 2.45) is 5.92 Å². The molecule has 3 unspecified atom stereocenters. The molecule has 0 saturated heterocycles. The van der Waals surface area contributed by atoms with E-state index in [1.165, 1.54) is 44.9 Å². The molecule has 0 aromatic heterocycles. The summed E-state index contributed by atoms with van der Waals surface area (Å²) in [4.78, 5) is 0. The highest BCUT2D eigenvalue weighted by molar-refractivity contribution is 4.72. The first-order valence-corrected chi connectivity index (χ1v) is 7.58. The molecule has 1 fully saturated rings. The third-order valence-corrected chi connectivity index (χ3v) is 3.70. The SMILES string of the molecule is CCCCCNCC(C)OC1CCCC(C)C1. The van der Waals surface area contributed by atoms with E-state index in [2.05, 4.69) is 26.1 Å². The summed E-state index contributed by atoms with van der Waals surface area (Å²) >= 11 is 0. The molecule has 1 rings (SSSR count). The van der Waals surface area contributed by atoms with Crippen LogP contribution in [0.4, 0.5) is 0 Å². The maximum absolute atomic E-state index is 6.11. The summed E-state index contributed by atoms with van der Waals surface area (Å²) in [5.74, 6) is 0.860. The molecule has 2 nitrogen and oxygen atoms in total. The average Bonchev–Trinajstić information content (AvgIpc) is 2.29. The van der Waals surface area contributed by atoms with E-state index < -0.39 is 0 Å². The molecule has 1 saturated carbocycles. The highest BCUT2D eigenvalue weighted by atomic mass is 16.5. The molecule has 0 aliphatic heterocycles. The van der Waals surface area contributed by atoms with Gasteiger partial charge in [0, 0.05) is 6.54 Å². The summed E-state index contributed by atoms with van der Waals surface area (Å²) < 4.78 is 6.11. The molecule has 1 N–H and O–H groups in total. The van der Waals surface area contributed by atoms with Crippen LogP contribution in [0.2, 0.25) is 0 Å². The van der Waals surface area contributed by atoms with Gasteiger partial charge in [0.15, 0.2) is 0 Å². The van der Waals surface area contributed by atoms with Gasteiger partial charge in [0.05, 0.1) is 12.2 Å². The van der Waals surface area contributed by atoms with Crippen molar-refractivity contribution in [3.05, 3.63) is 0 Å². The first-order valence-electron chi connectivity index (χ1n) is 7.58. The first-order chi connectivity index (χ1) is 8.22. The van der Waals surface area contributed by atoms with Crippen molar-refractivity contribution >= 4 is 0 Å². The van der Waals surface area contributed by atoms with E-state index in [1.54, 1.807) is 0 Å². The molecular weight excluding hydrogens is 210 g/mol. The molecule has 0 radical (unpaired) electrons. The molecule has 1 aliphatic rings. The van der Waals surface area contributed by atoms with E-state index in [0.717, 1.165) is 19.0 Å². The molecule has 0 aromatic rings. The Bertz CT molecular complexity index is 184. The van der Waals surface area contributed by atoms with Crippen LogP contribution in [0.25, 0.3) is 0 Å². The third-order valence-electron chi connectivity index (χ3n) is 3.70. The van der Waals surface area contributed by atoms with Gasteiger partial charge >= 0.3 is 0 Å². The fourth-order valence-corrected chi connectivity index (χ4v) is 2.68. The molecule has 17 heavy (non-hydrogen) atoms. The van der Waals surface area contributed by atoms with Crippen molar-refractivity contribution in [1.82, 2.24) is 5.32 Å². The summed E-state index contributed by atoms with van der Waals surface area (Å²) in [7, 11) is 0. The summed E-state index contributed by atoms with van der Waals surface area (Å²) in [6.07, 6.45) is 10.1. The number of rotatable bonds is 8. The lowest BCUT2D eigenvalue weighted by Crippen LogP contribution is -2.32. The van der Waals surface area contributed by atoms with E-state index in [4.69, 9.17) is 4.74 Å². The van der Waals surface area contributed by atoms with Crippen LogP contribution in [-0.2, 0) is 4.74 Å². The maximum Gasteiger partial charge on any atom is 0.0675 e. The Kier molecular flexibility index (Phi) is 7.87. The van der Waals surface area contributed by atoms with Gasteiger partial charge in [-0.25, -0.2) is 0 Å². The van der Waals surface area contributed by atoms with Crippen molar-refractivity contribution < 1.29 is 4.74 Å². The van der Waals surface area contributed by atoms with Crippen LogP contribution < -0.4 is 5.32 Å². The van der Waals surface area contributed by atoms with Crippen molar-refractivity contribution in [2.45, 2.75) is 77.9 Å². The lowest BCUT2D eigenvalue weighted by molar-refractivity contribution is -0.0292. The zero-order chi connectivity index (χ0) is 12.5. The molecule has 1 aliphatic carbocycles. The van der Waals surface area contributed by atoms with Gasteiger partial charge in [-0.2, -0.15) is 0 Å². The molecule has 0 bridgehead atoms. The second-order valence-electron chi connectivity index (χ2n) is 5.75. The predicted octanol–water partition coefficient (Wildman–Crippen LogP) is 3.75. The van der Waals surface area contributed by atoms with Crippen molar-refractivity contribution in [3.8, 4) is 0 Å². The summed E-state index contributed by atoms with van der Waals surface area (Å²) in [5.41, 5.74) is 0. The molecule has 2 heteroatoms. The minimum absolute atomic E-state index is 0.368. The molecule has 0 amide bonds. The van der Waals surface area contributed by atoms with E-state index in [-0.39, 0.29) is 0 Å². The Morgan fingerprint density at radius 1 is 1.29 bits per heavy atom. The normalized spacial score (nSPS) is 27.0. The minimum Gasteiger partial charge on any atom is -0.374 e. The Balaban J connectivity index is 2.01. The Labute approximate surface area is 108 Å². The largest absolute Gasteiger partial charge is 0.374 e. The zero-order valence-electron chi connectivity index (χ0n) is 12.0. The fourth-order valence-electron chi connectivity index (χ4n) is 2.68. The third kappa shape index (κ3) is 7.05. The highest BCUT2D eigenvalue weighted by Crippen LogP contribution is 2.26. The van der Waals surface area contributed by atoms with Gasteiger partial charge in [-0.1, -0.05) is 39.5 Å². The monoisotopic (exact) mass is 241 g/mol. The van der Waals surface area contributed by atoms with E-state index in [0.29, 0.717) is 12.2 Å². The standard InChI is InChI=1S/C15H31NO/c1-4-5-6-10-16-12-14(3)17-15-9-7-8-13(2)11-15/h13-16H,4-12H2,1-3H3. The molecule has 102 valence electrons. The molecule has 0 aromatic carbocycles. The molecule has 0 spiro atoms. The van der Waals surface area contributed by atoms with Gasteiger partial charge in [0.1, 0.15) is 0 Å². The van der Waals surface area contributed by atoms with Crippen LogP contribution in [0.15, 0.2) is 0 Å². The minimum atomic E-state index is 0.368. The molecule has 0 heterocycles. The first kappa shape index (κ1) is 15.0. The quantitative estimate of drug-likeness (QED) is 0.653. The van der Waals surface area contributed by atoms with Gasteiger partial charge in [0.2, 0.25) is 0 Å². The lowest BCUT2D eigenvalue weighted by atomic mass is 9.88. The summed E-state index contributed by atoms with van der Waals surface area (Å²) in [5, 5.41) is 3.50. The Hall–Kier alpha value is -0.0800. The van der Waals surface area contributed by atoms with Crippen LogP contribution >= 0.6 is 0 Å². The topological polar surface area (TPSA) is 21.3 Å². The maximum atomic E-state index is 6.11. The van der Waals surface area contributed by atoms with Gasteiger partial charge in [0.25, 0.3) is 0 Å². The molecule has 3 atom stereocenters. The van der Waals surface area contributed by atoms with Crippen LogP contribution in [0.5, 0.6) is 0 Å². The average molecular weight is 241 g/mol. The summed E-state index contributed by atoms with van der Waals surface area (Å²) in [6.45, 7) is 8.95. The van der Waals surface area contributed by atoms with Crippen molar-refractivity contribution in [2.75, 3.05) is 13.1 Å². The van der Waals surface area contributed by atoms with Crippen molar-refractivity contribution in [1.29, 1.82) is 0 Å². The highest BCUT2D eigenvalue weighted by Gasteiger charge is 2.20. The predicted molar refractivity (Wildman–Crippen MR) is 74.4 cm³/mol. The zero-order valence-corrected chi connectivity index (χ0v) is 12.0. The Morgan fingerprint density at radius 2 is 2.12 bits per heavy atom. The van der Waals surface area contributed by atoms with Crippen molar-refractivity contribution in [3.63, 3.8) is 0 Å². The van der Waals surface area contributed by atoms with Gasteiger partial charge in [-0.05, 0) is 38.6 Å². The van der Waals surface area contributed by atoms with Crippen LogP contribution in [0.3, 0.4) is 0 Å². The van der Waals surface area contributed by atoms with Crippen LogP contribution in [0.1, 0.15) is 65.7 Å². The number of hydrogen-bond acceptors (Lipinski definition) is 2. The van der Waals surface area contributed by atoms with Gasteiger partial charge in [-0.3, -0.25) is 0 Å². The van der Waals surface area contributed by atoms with Gasteiger partial charge < -0.3 is 10.1 Å². The second kappa shape index (κ2) is 8.93. The van der Waals surface area contributed by atoms with Crippen LogP contribution in [0, 0.1) is 5.92 Å². The van der Waals surface area contributed by atoms with E-state index in [9.17, 15) is 0 Å². The van der Waals surface area contributed by atoms with Crippen LogP contribution in [-0.4, -0.2) is 25.3 Å². The number of hydrogen-bond donors (Lipinski definition) is 1. The smallest absolute Gasteiger partial charge is 0.0675 e. The Morgan fingerprint density at radius 3 is 2.82 bits per heavy atom.